The van der Waals surface area contributed by atoms with E-state index in [0.717, 1.165) is 24.0 Å². The number of nitrogens with one attached hydrogen (secondary N) is 1. The van der Waals surface area contributed by atoms with Gasteiger partial charge in [0.25, 0.3) is 0 Å². The first-order valence-electron chi connectivity index (χ1n) is 7.48. The quantitative estimate of drug-likeness (QED) is 0.777. The lowest BCUT2D eigenvalue weighted by Crippen LogP contribution is -2.59. The molecule has 0 aromatic heterocycles. The minimum atomic E-state index is 0.759. The predicted molar refractivity (Wildman–Crippen MR) is 71.2 cm³/mol. The molecule has 3 aliphatic rings. The van der Waals surface area contributed by atoms with Gasteiger partial charge < -0.3 is 5.32 Å². The second-order valence-corrected chi connectivity index (χ2v) is 6.35. The fourth-order valence-electron chi connectivity index (χ4n) is 4.21. The highest BCUT2D eigenvalue weighted by Gasteiger charge is 2.42. The molecule has 3 aliphatic heterocycles. The van der Waals surface area contributed by atoms with Gasteiger partial charge in [-0.2, -0.15) is 0 Å². The van der Waals surface area contributed by atoms with E-state index in [0.29, 0.717) is 0 Å². The van der Waals surface area contributed by atoms with Gasteiger partial charge in [0.1, 0.15) is 0 Å². The summed E-state index contributed by atoms with van der Waals surface area (Å²) < 4.78 is 0. The van der Waals surface area contributed by atoms with E-state index < -0.39 is 0 Å². The lowest BCUT2D eigenvalue weighted by molar-refractivity contribution is 0.0624. The van der Waals surface area contributed by atoms with Gasteiger partial charge in [0, 0.05) is 44.3 Å². The van der Waals surface area contributed by atoms with Gasteiger partial charge >= 0.3 is 0 Å². The Bertz CT molecular complexity index is 266. The molecule has 3 heteroatoms. The summed E-state index contributed by atoms with van der Waals surface area (Å²) in [7, 11) is 0. The van der Waals surface area contributed by atoms with Crippen molar-refractivity contribution in [3.63, 3.8) is 0 Å². The van der Waals surface area contributed by atoms with E-state index in [-0.39, 0.29) is 0 Å². The number of rotatable bonds is 2. The summed E-state index contributed by atoms with van der Waals surface area (Å²) in [5, 5.41) is 3.57. The highest BCUT2D eigenvalue weighted by atomic mass is 15.3. The third kappa shape index (κ3) is 2.13. The lowest BCUT2D eigenvalue weighted by atomic mass is 9.95. The molecule has 3 rings (SSSR count). The summed E-state index contributed by atoms with van der Waals surface area (Å²) in [5.41, 5.74) is 0. The lowest BCUT2D eigenvalue weighted by Gasteiger charge is -2.44. The summed E-state index contributed by atoms with van der Waals surface area (Å²) in [6.45, 7) is 11.1. The maximum Gasteiger partial charge on any atom is 0.0267 e. The topological polar surface area (TPSA) is 18.5 Å². The van der Waals surface area contributed by atoms with Crippen molar-refractivity contribution >= 4 is 0 Å². The van der Waals surface area contributed by atoms with Gasteiger partial charge in [-0.15, -0.1) is 0 Å². The van der Waals surface area contributed by atoms with Gasteiger partial charge in [0.15, 0.2) is 0 Å². The standard InChI is InChI=1S/C14H27N3/c1-11(2)14-10-15-6-9-17(14)13-5-8-16-7-3-4-12(13)16/h11-15H,3-10H2,1-2H3. The van der Waals surface area contributed by atoms with E-state index in [1.807, 2.05) is 0 Å². The van der Waals surface area contributed by atoms with Crippen LogP contribution in [0.2, 0.25) is 0 Å². The first-order chi connectivity index (χ1) is 8.27. The Morgan fingerprint density at radius 3 is 2.76 bits per heavy atom. The second-order valence-electron chi connectivity index (χ2n) is 6.35. The van der Waals surface area contributed by atoms with Crippen LogP contribution in [0, 0.1) is 5.92 Å². The van der Waals surface area contributed by atoms with Gasteiger partial charge in [-0.3, -0.25) is 9.80 Å². The van der Waals surface area contributed by atoms with Crippen LogP contribution in [-0.2, 0) is 0 Å². The zero-order valence-electron chi connectivity index (χ0n) is 11.4. The van der Waals surface area contributed by atoms with E-state index in [9.17, 15) is 0 Å². The number of fused-ring (bicyclic) bond motifs is 1. The summed E-state index contributed by atoms with van der Waals surface area (Å²) in [4.78, 5) is 5.58. The molecule has 3 fully saturated rings. The third-order valence-corrected chi connectivity index (χ3v) is 5.09. The molecule has 3 nitrogen and oxygen atoms in total. The fraction of sp³-hybridized carbons (Fsp3) is 1.00. The van der Waals surface area contributed by atoms with E-state index in [1.54, 1.807) is 0 Å². The minimum Gasteiger partial charge on any atom is -0.314 e. The van der Waals surface area contributed by atoms with Gasteiger partial charge in [-0.1, -0.05) is 13.8 Å². The molecule has 0 spiro atoms. The molecule has 0 amide bonds. The molecular weight excluding hydrogens is 210 g/mol. The smallest absolute Gasteiger partial charge is 0.0267 e. The molecule has 0 radical (unpaired) electrons. The van der Waals surface area contributed by atoms with Crippen LogP contribution in [0.25, 0.3) is 0 Å². The van der Waals surface area contributed by atoms with Crippen LogP contribution in [0.1, 0.15) is 33.1 Å². The molecule has 0 aromatic rings. The maximum absolute atomic E-state index is 3.57. The molecule has 1 N–H and O–H groups in total. The SMILES string of the molecule is CC(C)C1CNCCN1C1CCN2CCCC12. The average molecular weight is 237 g/mol. The van der Waals surface area contributed by atoms with Crippen molar-refractivity contribution in [2.75, 3.05) is 32.7 Å². The van der Waals surface area contributed by atoms with Crippen LogP contribution < -0.4 is 5.32 Å². The average Bonchev–Trinajstić information content (AvgIpc) is 2.90. The Morgan fingerprint density at radius 2 is 1.94 bits per heavy atom. The molecule has 3 unspecified atom stereocenters. The third-order valence-electron chi connectivity index (χ3n) is 5.09. The van der Waals surface area contributed by atoms with Crippen molar-refractivity contribution in [2.24, 2.45) is 5.92 Å². The van der Waals surface area contributed by atoms with Gasteiger partial charge in [-0.25, -0.2) is 0 Å². The van der Waals surface area contributed by atoms with Gasteiger partial charge in [0.05, 0.1) is 0 Å². The van der Waals surface area contributed by atoms with Crippen LogP contribution in [0.3, 0.4) is 0 Å². The summed E-state index contributed by atoms with van der Waals surface area (Å²) >= 11 is 0. The van der Waals surface area contributed by atoms with Crippen molar-refractivity contribution < 1.29 is 0 Å². The molecule has 0 aliphatic carbocycles. The number of piperazine rings is 1. The molecule has 98 valence electrons. The molecule has 0 bridgehead atoms. The number of hydrogen-bond donors (Lipinski definition) is 1. The first kappa shape index (κ1) is 11.9. The van der Waals surface area contributed by atoms with Crippen molar-refractivity contribution in [1.82, 2.24) is 15.1 Å². The Labute approximate surface area is 106 Å². The van der Waals surface area contributed by atoms with Crippen LogP contribution in [0.5, 0.6) is 0 Å². The van der Waals surface area contributed by atoms with Crippen LogP contribution in [0.15, 0.2) is 0 Å². The Balaban J connectivity index is 1.73. The van der Waals surface area contributed by atoms with E-state index in [2.05, 4.69) is 29.0 Å². The highest BCUT2D eigenvalue weighted by Crippen LogP contribution is 2.33. The largest absolute Gasteiger partial charge is 0.314 e. The molecule has 3 atom stereocenters. The van der Waals surface area contributed by atoms with Crippen molar-refractivity contribution in [3.05, 3.63) is 0 Å². The minimum absolute atomic E-state index is 0.759. The second kappa shape index (κ2) is 4.87. The van der Waals surface area contributed by atoms with Crippen molar-refractivity contribution in [1.29, 1.82) is 0 Å². The monoisotopic (exact) mass is 237 g/mol. The Morgan fingerprint density at radius 1 is 1.06 bits per heavy atom. The summed E-state index contributed by atoms with van der Waals surface area (Å²) in [5.74, 6) is 0.776. The van der Waals surface area contributed by atoms with E-state index in [4.69, 9.17) is 0 Å². The normalized spacial score (nSPS) is 40.1. The summed E-state index contributed by atoms with van der Waals surface area (Å²) in [6, 6.07) is 2.50. The van der Waals surface area contributed by atoms with Gasteiger partial charge in [0.2, 0.25) is 0 Å². The Hall–Kier alpha value is -0.120. The molecule has 0 aromatic carbocycles. The predicted octanol–water partition coefficient (Wildman–Crippen LogP) is 1.15. The van der Waals surface area contributed by atoms with Crippen molar-refractivity contribution in [3.8, 4) is 0 Å². The highest BCUT2D eigenvalue weighted by molar-refractivity contribution is 5.00. The number of nitrogens with zero attached hydrogens (tertiary/aromatic N) is 2. The molecule has 17 heavy (non-hydrogen) atoms. The first-order valence-corrected chi connectivity index (χ1v) is 7.48. The Kier molecular flexibility index (Phi) is 3.42. The molecule has 3 saturated heterocycles. The molecule has 0 saturated carbocycles. The van der Waals surface area contributed by atoms with E-state index in [1.165, 1.54) is 52.0 Å². The number of hydrogen-bond acceptors (Lipinski definition) is 3. The molecule has 3 heterocycles. The van der Waals surface area contributed by atoms with Crippen LogP contribution >= 0.6 is 0 Å². The van der Waals surface area contributed by atoms with E-state index >= 15 is 0 Å². The zero-order valence-corrected chi connectivity index (χ0v) is 11.4. The van der Waals surface area contributed by atoms with Crippen LogP contribution in [-0.4, -0.2) is 60.6 Å². The van der Waals surface area contributed by atoms with Crippen molar-refractivity contribution in [2.45, 2.75) is 51.2 Å². The molecular formula is C14H27N3. The summed E-state index contributed by atoms with van der Waals surface area (Å²) in [6.07, 6.45) is 4.28. The zero-order chi connectivity index (χ0) is 11.8. The fourth-order valence-corrected chi connectivity index (χ4v) is 4.21. The van der Waals surface area contributed by atoms with Crippen LogP contribution in [0.4, 0.5) is 0 Å². The maximum atomic E-state index is 3.57. The van der Waals surface area contributed by atoms with Gasteiger partial charge in [-0.05, 0) is 31.7 Å².